The summed E-state index contributed by atoms with van der Waals surface area (Å²) in [6.07, 6.45) is 8.91. The number of nitrogens with one attached hydrogen (secondary N) is 3. The molecule has 9 nitrogen and oxygen atoms in total. The van der Waals surface area contributed by atoms with Crippen LogP contribution in [0.2, 0.25) is 0 Å². The van der Waals surface area contributed by atoms with E-state index in [1.165, 1.54) is 0 Å². The van der Waals surface area contributed by atoms with E-state index < -0.39 is 0 Å². The van der Waals surface area contributed by atoms with Gasteiger partial charge >= 0.3 is 0 Å². The number of fused-ring (bicyclic) bond motifs is 2. The van der Waals surface area contributed by atoms with Crippen LogP contribution in [0.3, 0.4) is 0 Å². The van der Waals surface area contributed by atoms with Crippen molar-refractivity contribution in [1.82, 2.24) is 35.5 Å². The Kier molecular flexibility index (Phi) is 4.23. The summed E-state index contributed by atoms with van der Waals surface area (Å²) in [5, 5.41) is 11.1. The second-order valence-electron chi connectivity index (χ2n) is 8.78. The highest BCUT2D eigenvalue weighted by Gasteiger charge is 2.27. The van der Waals surface area contributed by atoms with E-state index in [0.717, 1.165) is 77.4 Å². The molecule has 0 amide bonds. The zero-order chi connectivity index (χ0) is 21.8. The summed E-state index contributed by atoms with van der Waals surface area (Å²) in [5.41, 5.74) is 6.30. The molecule has 0 aromatic carbocycles. The van der Waals surface area contributed by atoms with Crippen LogP contribution in [-0.4, -0.2) is 50.0 Å². The first-order valence-electron chi connectivity index (χ1n) is 11.4. The molecule has 1 saturated heterocycles. The van der Waals surface area contributed by atoms with Crippen molar-refractivity contribution in [3.05, 3.63) is 59.3 Å². The van der Waals surface area contributed by atoms with Crippen LogP contribution < -0.4 is 5.32 Å². The number of rotatable bonds is 3. The fourth-order valence-electron chi connectivity index (χ4n) is 5.08. The van der Waals surface area contributed by atoms with Gasteiger partial charge in [-0.1, -0.05) is 6.08 Å². The van der Waals surface area contributed by atoms with E-state index in [9.17, 15) is 0 Å². The number of allylic oxidation sites excluding steroid dienone is 3. The molecule has 6 heterocycles. The molecule has 4 aromatic heterocycles. The van der Waals surface area contributed by atoms with Gasteiger partial charge in [-0.25, -0.2) is 15.0 Å². The number of piperidine rings is 1. The lowest BCUT2D eigenvalue weighted by Gasteiger charge is -2.22. The first-order valence-corrected chi connectivity index (χ1v) is 11.4. The summed E-state index contributed by atoms with van der Waals surface area (Å²) in [5.74, 6) is 3.04. The molecular weight excluding hydrogens is 418 g/mol. The molecule has 4 aromatic rings. The van der Waals surface area contributed by atoms with Crippen molar-refractivity contribution in [1.29, 1.82) is 0 Å². The zero-order valence-corrected chi connectivity index (χ0v) is 18.0. The third kappa shape index (κ3) is 3.11. The van der Waals surface area contributed by atoms with E-state index in [1.807, 2.05) is 18.3 Å². The Morgan fingerprint density at radius 3 is 2.91 bits per heavy atom. The standard InChI is InChI=1S/C24H23N7O2/c1-4-18-19(33-12-32-18)11-14(1)15-7-10-26-23-20(15)28-24(29-23)22-21-17(30-31-22)3-2-16(27-21)13-5-8-25-9-6-13/h1-4,7,10,13-14,25H,5-6,8-9,11-12H2,(H,30,31)(H,26,28,29). The average Bonchev–Trinajstić information content (AvgIpc) is 3.60. The molecule has 7 rings (SSSR count). The quantitative estimate of drug-likeness (QED) is 0.445. The summed E-state index contributed by atoms with van der Waals surface area (Å²) >= 11 is 0. The molecule has 9 heteroatoms. The lowest BCUT2D eigenvalue weighted by molar-refractivity contribution is 0.0725. The van der Waals surface area contributed by atoms with E-state index in [2.05, 4.69) is 43.7 Å². The Labute approximate surface area is 189 Å². The van der Waals surface area contributed by atoms with Gasteiger partial charge in [0.25, 0.3) is 0 Å². The van der Waals surface area contributed by atoms with Crippen molar-refractivity contribution in [2.24, 2.45) is 0 Å². The molecule has 0 bridgehead atoms. The average molecular weight is 441 g/mol. The predicted molar refractivity (Wildman–Crippen MR) is 122 cm³/mol. The van der Waals surface area contributed by atoms with Crippen LogP contribution in [-0.2, 0) is 9.47 Å². The summed E-state index contributed by atoms with van der Waals surface area (Å²) in [7, 11) is 0. The Morgan fingerprint density at radius 1 is 1.03 bits per heavy atom. The molecule has 1 aliphatic carbocycles. The van der Waals surface area contributed by atoms with E-state index in [0.29, 0.717) is 24.2 Å². The van der Waals surface area contributed by atoms with E-state index in [1.54, 1.807) is 0 Å². The van der Waals surface area contributed by atoms with Gasteiger partial charge in [0.05, 0.1) is 11.0 Å². The molecule has 0 radical (unpaired) electrons. The first kappa shape index (κ1) is 18.8. The lowest BCUT2D eigenvalue weighted by atomic mass is 9.91. The van der Waals surface area contributed by atoms with Crippen molar-refractivity contribution in [3.8, 4) is 11.5 Å². The second kappa shape index (κ2) is 7.41. The van der Waals surface area contributed by atoms with E-state index >= 15 is 0 Å². The van der Waals surface area contributed by atoms with Gasteiger partial charge in [0.2, 0.25) is 6.79 Å². The lowest BCUT2D eigenvalue weighted by Crippen LogP contribution is -2.27. The molecule has 1 fully saturated rings. The van der Waals surface area contributed by atoms with Crippen molar-refractivity contribution >= 4 is 22.2 Å². The van der Waals surface area contributed by atoms with E-state index in [4.69, 9.17) is 19.4 Å². The van der Waals surface area contributed by atoms with Crippen molar-refractivity contribution in [2.75, 3.05) is 19.9 Å². The number of hydrogen-bond donors (Lipinski definition) is 3. The van der Waals surface area contributed by atoms with Crippen molar-refractivity contribution in [2.45, 2.75) is 31.1 Å². The van der Waals surface area contributed by atoms with Gasteiger partial charge in [-0.2, -0.15) is 5.10 Å². The minimum Gasteiger partial charge on any atom is -0.458 e. The van der Waals surface area contributed by atoms with Crippen LogP contribution >= 0.6 is 0 Å². The van der Waals surface area contributed by atoms with E-state index in [-0.39, 0.29) is 5.92 Å². The molecule has 0 spiro atoms. The van der Waals surface area contributed by atoms with Crippen molar-refractivity contribution < 1.29 is 9.47 Å². The maximum absolute atomic E-state index is 5.63. The summed E-state index contributed by atoms with van der Waals surface area (Å²) in [6.45, 7) is 2.36. The highest BCUT2D eigenvalue weighted by molar-refractivity contribution is 5.90. The molecule has 3 N–H and O–H groups in total. The van der Waals surface area contributed by atoms with Crippen LogP contribution in [0.4, 0.5) is 0 Å². The van der Waals surface area contributed by atoms with Gasteiger partial charge in [-0.15, -0.1) is 0 Å². The third-order valence-corrected chi connectivity index (χ3v) is 6.84. The number of H-pyrrole nitrogens is 2. The van der Waals surface area contributed by atoms with Gasteiger partial charge in [-0.3, -0.25) is 5.10 Å². The number of pyridine rings is 2. The highest BCUT2D eigenvalue weighted by atomic mass is 16.7. The number of imidazole rings is 1. The zero-order valence-electron chi connectivity index (χ0n) is 18.0. The number of aromatic nitrogens is 6. The number of ether oxygens (including phenoxy) is 2. The summed E-state index contributed by atoms with van der Waals surface area (Å²) in [6, 6.07) is 6.23. The largest absolute Gasteiger partial charge is 0.458 e. The fourth-order valence-corrected chi connectivity index (χ4v) is 5.08. The van der Waals surface area contributed by atoms with Crippen LogP contribution in [0.1, 0.15) is 42.4 Å². The Morgan fingerprint density at radius 2 is 1.97 bits per heavy atom. The smallest absolute Gasteiger partial charge is 0.230 e. The Hall–Kier alpha value is -3.72. The monoisotopic (exact) mass is 441 g/mol. The van der Waals surface area contributed by atoms with Gasteiger partial charge in [-0.05, 0) is 55.8 Å². The Bertz CT molecular complexity index is 1430. The highest BCUT2D eigenvalue weighted by Crippen LogP contribution is 2.37. The molecule has 1 unspecified atom stereocenters. The molecule has 0 saturated carbocycles. The number of hydrogen-bond acceptors (Lipinski definition) is 7. The molecule has 3 aliphatic rings. The summed E-state index contributed by atoms with van der Waals surface area (Å²) in [4.78, 5) is 17.8. The van der Waals surface area contributed by atoms with Crippen LogP contribution in [0.25, 0.3) is 33.7 Å². The van der Waals surface area contributed by atoms with Crippen LogP contribution in [0.15, 0.2) is 48.1 Å². The fraction of sp³-hybridized carbons (Fsp3) is 0.333. The SMILES string of the molecule is C1=CC(c2ccnc3nc(-c4n[nH]c5ccc(C6CCNCC6)nc45)[nH]c23)CC2=C1OCO2. The minimum absolute atomic E-state index is 0.157. The first-order chi connectivity index (χ1) is 16.3. The van der Waals surface area contributed by atoms with Gasteiger partial charge in [0.15, 0.2) is 22.9 Å². The molecular formula is C24H23N7O2. The summed E-state index contributed by atoms with van der Waals surface area (Å²) < 4.78 is 11.1. The number of aromatic amines is 2. The maximum atomic E-state index is 5.63. The molecule has 1 atom stereocenters. The van der Waals surface area contributed by atoms with Gasteiger partial charge < -0.3 is 19.8 Å². The van der Waals surface area contributed by atoms with Crippen LogP contribution in [0, 0.1) is 0 Å². The second-order valence-corrected chi connectivity index (χ2v) is 8.78. The molecule has 33 heavy (non-hydrogen) atoms. The normalized spacial score (nSPS) is 20.9. The van der Waals surface area contributed by atoms with Crippen LogP contribution in [0.5, 0.6) is 0 Å². The Balaban J connectivity index is 1.28. The minimum atomic E-state index is 0.157. The maximum Gasteiger partial charge on any atom is 0.230 e. The predicted octanol–water partition coefficient (Wildman–Crippen LogP) is 3.62. The van der Waals surface area contributed by atoms with Crippen molar-refractivity contribution in [3.63, 3.8) is 0 Å². The molecule has 166 valence electrons. The van der Waals surface area contributed by atoms with Gasteiger partial charge in [0, 0.05) is 30.1 Å². The topological polar surface area (TPSA) is 114 Å². The third-order valence-electron chi connectivity index (χ3n) is 6.84. The van der Waals surface area contributed by atoms with Gasteiger partial charge in [0.1, 0.15) is 11.3 Å². The molecule has 2 aliphatic heterocycles. The number of nitrogens with zero attached hydrogens (tertiary/aromatic N) is 4.